The van der Waals surface area contributed by atoms with Gasteiger partial charge in [0, 0.05) is 32.7 Å². The molecule has 2 fully saturated rings. The van der Waals surface area contributed by atoms with Crippen LogP contribution in [0.3, 0.4) is 0 Å². The molecule has 1 aliphatic carbocycles. The second-order valence-electron chi connectivity index (χ2n) is 8.25. The van der Waals surface area contributed by atoms with E-state index in [4.69, 9.17) is 4.99 Å². The van der Waals surface area contributed by atoms with Crippen LogP contribution in [0.5, 0.6) is 0 Å². The van der Waals surface area contributed by atoms with Crippen molar-refractivity contribution in [3.05, 3.63) is 35.9 Å². The van der Waals surface area contributed by atoms with Crippen LogP contribution in [0, 0.1) is 11.8 Å². The van der Waals surface area contributed by atoms with Crippen LogP contribution in [0.1, 0.15) is 38.2 Å². The zero-order chi connectivity index (χ0) is 20.9. The molecule has 1 N–H and O–H groups in total. The molecule has 8 heteroatoms. The van der Waals surface area contributed by atoms with E-state index in [1.165, 1.54) is 16.9 Å². The molecule has 1 aromatic rings. The highest BCUT2D eigenvalue weighted by Gasteiger charge is 2.38. The largest absolute Gasteiger partial charge is 0.401 e. The molecule has 0 spiro atoms. The zero-order valence-electron chi connectivity index (χ0n) is 17.9. The number of likely N-dealkylation sites (tertiary alicyclic amines) is 1. The van der Waals surface area contributed by atoms with E-state index in [9.17, 15) is 13.2 Å². The second-order valence-corrected chi connectivity index (χ2v) is 8.25. The van der Waals surface area contributed by atoms with E-state index in [0.29, 0.717) is 24.9 Å². The highest BCUT2D eigenvalue weighted by molar-refractivity contribution is 14.0. The molecule has 0 aromatic heterocycles. The fraction of sp³-hybridized carbons (Fsp3) is 0.682. The molecule has 0 amide bonds. The molecule has 1 heterocycles. The Morgan fingerprint density at radius 1 is 1.23 bits per heavy atom. The number of nitrogens with zero attached hydrogens (tertiary/aromatic N) is 3. The molecule has 3 unspecified atom stereocenters. The van der Waals surface area contributed by atoms with Gasteiger partial charge >= 0.3 is 6.18 Å². The average Bonchev–Trinajstić information content (AvgIpc) is 3.33. The topological polar surface area (TPSA) is 30.9 Å². The van der Waals surface area contributed by atoms with Crippen molar-refractivity contribution in [2.24, 2.45) is 16.8 Å². The lowest BCUT2D eigenvalue weighted by atomic mass is 10.1. The number of guanidine groups is 1. The Bertz CT molecular complexity index is 668. The number of nitrogens with one attached hydrogen (secondary N) is 1. The molecule has 0 bridgehead atoms. The van der Waals surface area contributed by atoms with Crippen molar-refractivity contribution in [3.8, 4) is 0 Å². The zero-order valence-corrected chi connectivity index (χ0v) is 20.2. The Labute approximate surface area is 195 Å². The van der Waals surface area contributed by atoms with Crippen LogP contribution in [0.2, 0.25) is 0 Å². The highest BCUT2D eigenvalue weighted by Crippen LogP contribution is 2.47. The SMILES string of the molecule is CCNC(=NCC1CC1c1ccccc1)N1CCC(CN(CC)CC(F)(F)F)C1.I. The first-order valence-corrected chi connectivity index (χ1v) is 10.8. The fourth-order valence-corrected chi connectivity index (χ4v) is 4.29. The van der Waals surface area contributed by atoms with Gasteiger partial charge in [-0.15, -0.1) is 24.0 Å². The van der Waals surface area contributed by atoms with Crippen molar-refractivity contribution in [2.45, 2.75) is 38.8 Å². The van der Waals surface area contributed by atoms with Gasteiger partial charge in [-0.05, 0) is 49.6 Å². The number of aliphatic imine (C=N–C) groups is 1. The normalized spacial score (nSPS) is 24.1. The average molecular weight is 538 g/mol. The van der Waals surface area contributed by atoms with E-state index < -0.39 is 12.7 Å². The number of hydrogen-bond acceptors (Lipinski definition) is 2. The molecule has 1 saturated carbocycles. The van der Waals surface area contributed by atoms with Crippen LogP contribution in [-0.2, 0) is 0 Å². The number of benzene rings is 1. The molecular formula is C22H34F3IN4. The first-order chi connectivity index (χ1) is 13.9. The lowest BCUT2D eigenvalue weighted by Crippen LogP contribution is -2.42. The van der Waals surface area contributed by atoms with Crippen molar-refractivity contribution in [1.29, 1.82) is 0 Å². The van der Waals surface area contributed by atoms with Gasteiger partial charge in [-0.2, -0.15) is 13.2 Å². The third-order valence-corrected chi connectivity index (χ3v) is 5.91. The molecule has 3 atom stereocenters. The summed E-state index contributed by atoms with van der Waals surface area (Å²) in [5.41, 5.74) is 1.39. The van der Waals surface area contributed by atoms with Crippen molar-refractivity contribution in [1.82, 2.24) is 15.1 Å². The van der Waals surface area contributed by atoms with Gasteiger partial charge in [-0.1, -0.05) is 37.3 Å². The molecule has 0 radical (unpaired) electrons. The summed E-state index contributed by atoms with van der Waals surface area (Å²) in [6.45, 7) is 7.16. The van der Waals surface area contributed by atoms with Gasteiger partial charge in [-0.3, -0.25) is 9.89 Å². The van der Waals surface area contributed by atoms with E-state index in [-0.39, 0.29) is 29.9 Å². The van der Waals surface area contributed by atoms with Crippen molar-refractivity contribution >= 4 is 29.9 Å². The fourth-order valence-electron chi connectivity index (χ4n) is 4.29. The number of rotatable bonds is 8. The third kappa shape index (κ3) is 7.59. The first-order valence-electron chi connectivity index (χ1n) is 10.8. The van der Waals surface area contributed by atoms with Crippen molar-refractivity contribution in [3.63, 3.8) is 0 Å². The molecule has 1 saturated heterocycles. The van der Waals surface area contributed by atoms with E-state index in [1.54, 1.807) is 6.92 Å². The van der Waals surface area contributed by atoms with E-state index in [0.717, 1.165) is 38.6 Å². The standard InChI is InChI=1S/C22H33F3N4.HI/c1-3-26-21(27-13-19-12-20(19)18-8-6-5-7-9-18)29-11-10-17(15-29)14-28(4-2)16-22(23,24)25;/h5-9,17,19-20H,3-4,10-16H2,1-2H3,(H,26,27);1H. The minimum atomic E-state index is -4.13. The number of alkyl halides is 3. The van der Waals surface area contributed by atoms with E-state index >= 15 is 0 Å². The first kappa shape index (κ1) is 25.2. The van der Waals surface area contributed by atoms with Crippen LogP contribution < -0.4 is 5.32 Å². The summed E-state index contributed by atoms with van der Waals surface area (Å²) >= 11 is 0. The maximum atomic E-state index is 12.7. The smallest absolute Gasteiger partial charge is 0.357 e. The molecule has 30 heavy (non-hydrogen) atoms. The quantitative estimate of drug-likeness (QED) is 0.299. The molecular weight excluding hydrogens is 504 g/mol. The van der Waals surface area contributed by atoms with Gasteiger partial charge in [-0.25, -0.2) is 0 Å². The van der Waals surface area contributed by atoms with Crippen LogP contribution >= 0.6 is 24.0 Å². The van der Waals surface area contributed by atoms with Gasteiger partial charge in [0.05, 0.1) is 6.54 Å². The Balaban J connectivity index is 0.00000320. The minimum absolute atomic E-state index is 0. The Hall–Kier alpha value is -1.03. The van der Waals surface area contributed by atoms with E-state index in [1.807, 2.05) is 6.07 Å². The van der Waals surface area contributed by atoms with Gasteiger partial charge in [0.1, 0.15) is 0 Å². The predicted octanol–water partition coefficient (Wildman–Crippen LogP) is 4.58. The van der Waals surface area contributed by atoms with Crippen LogP contribution in [-0.4, -0.2) is 67.7 Å². The second kappa shape index (κ2) is 11.5. The van der Waals surface area contributed by atoms with Gasteiger partial charge in [0.15, 0.2) is 5.96 Å². The van der Waals surface area contributed by atoms with Crippen LogP contribution in [0.15, 0.2) is 35.3 Å². The summed E-state index contributed by atoms with van der Waals surface area (Å²) in [7, 11) is 0. The molecule has 1 aliphatic heterocycles. The maximum Gasteiger partial charge on any atom is 0.401 e. The molecule has 2 aliphatic rings. The van der Waals surface area contributed by atoms with Crippen molar-refractivity contribution < 1.29 is 13.2 Å². The number of halogens is 4. The minimum Gasteiger partial charge on any atom is -0.357 e. The Morgan fingerprint density at radius 3 is 2.60 bits per heavy atom. The van der Waals surface area contributed by atoms with Crippen LogP contribution in [0.4, 0.5) is 13.2 Å². The lowest BCUT2D eigenvalue weighted by molar-refractivity contribution is -0.146. The maximum absolute atomic E-state index is 12.7. The Morgan fingerprint density at radius 2 is 1.97 bits per heavy atom. The Kier molecular flexibility index (Phi) is 9.71. The molecule has 4 nitrogen and oxygen atoms in total. The summed E-state index contributed by atoms with van der Waals surface area (Å²) in [5.74, 6) is 2.35. The molecule has 170 valence electrons. The van der Waals surface area contributed by atoms with E-state index in [2.05, 4.69) is 41.4 Å². The third-order valence-electron chi connectivity index (χ3n) is 5.91. The predicted molar refractivity (Wildman–Crippen MR) is 127 cm³/mol. The van der Waals surface area contributed by atoms with Gasteiger partial charge in [0.25, 0.3) is 0 Å². The monoisotopic (exact) mass is 538 g/mol. The van der Waals surface area contributed by atoms with Gasteiger partial charge < -0.3 is 10.2 Å². The summed E-state index contributed by atoms with van der Waals surface area (Å²) < 4.78 is 38.2. The van der Waals surface area contributed by atoms with Gasteiger partial charge in [0.2, 0.25) is 0 Å². The van der Waals surface area contributed by atoms with Crippen LogP contribution in [0.25, 0.3) is 0 Å². The number of hydrogen-bond donors (Lipinski definition) is 1. The summed E-state index contributed by atoms with van der Waals surface area (Å²) in [6, 6.07) is 10.6. The summed E-state index contributed by atoms with van der Waals surface area (Å²) in [6.07, 6.45) is -2.04. The molecule has 1 aromatic carbocycles. The van der Waals surface area contributed by atoms with Crippen molar-refractivity contribution in [2.75, 3.05) is 45.8 Å². The summed E-state index contributed by atoms with van der Waals surface area (Å²) in [5, 5.41) is 3.37. The highest BCUT2D eigenvalue weighted by atomic mass is 127. The lowest BCUT2D eigenvalue weighted by Gasteiger charge is -2.26. The summed E-state index contributed by atoms with van der Waals surface area (Å²) in [4.78, 5) is 8.59. The molecule has 3 rings (SSSR count).